The van der Waals surface area contributed by atoms with E-state index in [9.17, 15) is 0 Å². The van der Waals surface area contributed by atoms with Gasteiger partial charge in [0.2, 0.25) is 0 Å². The third kappa shape index (κ3) is 3.72. The molecule has 1 saturated carbocycles. The summed E-state index contributed by atoms with van der Waals surface area (Å²) in [7, 11) is 0. The molecule has 0 spiro atoms. The molecule has 1 aromatic rings. The van der Waals surface area contributed by atoms with E-state index >= 15 is 0 Å². The summed E-state index contributed by atoms with van der Waals surface area (Å²) in [6.07, 6.45) is 6.23. The molecule has 0 aliphatic heterocycles. The van der Waals surface area contributed by atoms with Crippen LogP contribution in [0.3, 0.4) is 0 Å². The zero-order valence-corrected chi connectivity index (χ0v) is 13.5. The van der Waals surface area contributed by atoms with Gasteiger partial charge >= 0.3 is 0 Å². The van der Waals surface area contributed by atoms with E-state index in [0.717, 1.165) is 11.8 Å². The molecule has 1 heterocycles. The van der Waals surface area contributed by atoms with Crippen molar-refractivity contribution in [3.63, 3.8) is 0 Å². The minimum Gasteiger partial charge on any atom is -0.308 e. The van der Waals surface area contributed by atoms with Gasteiger partial charge in [0.1, 0.15) is 5.01 Å². The summed E-state index contributed by atoms with van der Waals surface area (Å²) in [5.74, 6) is 0. The first-order valence-electron chi connectivity index (χ1n) is 6.70. The van der Waals surface area contributed by atoms with E-state index < -0.39 is 0 Å². The Bertz CT molecular complexity index is 381. The molecule has 0 saturated heterocycles. The Kier molecular flexibility index (Phi) is 4.73. The van der Waals surface area contributed by atoms with E-state index in [0.29, 0.717) is 6.04 Å². The van der Waals surface area contributed by atoms with Gasteiger partial charge in [-0.1, -0.05) is 20.8 Å². The third-order valence-corrected chi connectivity index (χ3v) is 5.52. The summed E-state index contributed by atoms with van der Waals surface area (Å²) in [6.45, 7) is 7.60. The van der Waals surface area contributed by atoms with E-state index in [4.69, 9.17) is 4.98 Å². The number of nitrogens with zero attached hydrogens (tertiary/aromatic N) is 1. The Hall–Kier alpha value is -0.0600. The van der Waals surface area contributed by atoms with Crippen LogP contribution in [0.1, 0.15) is 50.7 Å². The summed E-state index contributed by atoms with van der Waals surface area (Å²) in [4.78, 5) is 4.73. The van der Waals surface area contributed by atoms with Gasteiger partial charge in [-0.3, -0.25) is 0 Å². The fraction of sp³-hybridized carbons (Fsp3) is 0.786. The number of hydrogen-bond donors (Lipinski definition) is 1. The zero-order valence-electron chi connectivity index (χ0n) is 11.8. The van der Waals surface area contributed by atoms with E-state index in [1.807, 2.05) is 11.8 Å². The molecule has 1 fully saturated rings. The Morgan fingerprint density at radius 3 is 2.78 bits per heavy atom. The highest BCUT2D eigenvalue weighted by atomic mass is 32.2. The second-order valence-electron chi connectivity index (χ2n) is 6.13. The quantitative estimate of drug-likeness (QED) is 0.910. The zero-order chi connectivity index (χ0) is 13.2. The predicted octanol–water partition coefficient (Wildman–Crippen LogP) is 3.81. The largest absolute Gasteiger partial charge is 0.308 e. The van der Waals surface area contributed by atoms with E-state index in [-0.39, 0.29) is 5.41 Å². The first-order chi connectivity index (χ1) is 8.49. The Labute approximate surface area is 119 Å². The standard InChI is InChI=1S/C14H24N2S2/c1-14(2,3)12-9-18-13(16-12)8-15-10-5-6-11(7-10)17-4/h9-11,15H,5-8H2,1-4H3. The van der Waals surface area contributed by atoms with Gasteiger partial charge in [-0.2, -0.15) is 11.8 Å². The molecule has 0 radical (unpaired) electrons. The lowest BCUT2D eigenvalue weighted by Gasteiger charge is -2.14. The number of thioether (sulfide) groups is 1. The van der Waals surface area contributed by atoms with Crippen LogP contribution < -0.4 is 5.32 Å². The Morgan fingerprint density at radius 2 is 2.22 bits per heavy atom. The smallest absolute Gasteiger partial charge is 0.107 e. The predicted molar refractivity (Wildman–Crippen MR) is 82.6 cm³/mol. The van der Waals surface area contributed by atoms with Crippen LogP contribution in [0.5, 0.6) is 0 Å². The van der Waals surface area contributed by atoms with Gasteiger partial charge in [-0.15, -0.1) is 11.3 Å². The van der Waals surface area contributed by atoms with Crippen LogP contribution in [0.4, 0.5) is 0 Å². The number of hydrogen-bond acceptors (Lipinski definition) is 4. The number of rotatable bonds is 4. The highest BCUT2D eigenvalue weighted by molar-refractivity contribution is 7.99. The van der Waals surface area contributed by atoms with Gasteiger partial charge in [0.05, 0.1) is 5.69 Å². The summed E-state index contributed by atoms with van der Waals surface area (Å²) in [6, 6.07) is 0.699. The molecule has 2 rings (SSSR count). The molecule has 2 nitrogen and oxygen atoms in total. The number of aromatic nitrogens is 1. The molecular weight excluding hydrogens is 260 g/mol. The van der Waals surface area contributed by atoms with Crippen molar-refractivity contribution in [1.82, 2.24) is 10.3 Å². The van der Waals surface area contributed by atoms with Gasteiger partial charge in [-0.25, -0.2) is 4.98 Å². The molecule has 1 aliphatic carbocycles. The fourth-order valence-electron chi connectivity index (χ4n) is 2.31. The molecule has 1 aromatic heterocycles. The van der Waals surface area contributed by atoms with Crippen molar-refractivity contribution >= 4 is 23.1 Å². The number of thiazole rings is 1. The topological polar surface area (TPSA) is 24.9 Å². The van der Waals surface area contributed by atoms with Crippen molar-refractivity contribution in [3.05, 3.63) is 16.1 Å². The van der Waals surface area contributed by atoms with Crippen molar-refractivity contribution in [2.75, 3.05) is 6.26 Å². The maximum Gasteiger partial charge on any atom is 0.107 e. The van der Waals surface area contributed by atoms with E-state index in [1.165, 1.54) is 30.0 Å². The lowest BCUT2D eigenvalue weighted by molar-refractivity contribution is 0.519. The first kappa shape index (κ1) is 14.4. The van der Waals surface area contributed by atoms with Crippen molar-refractivity contribution in [2.24, 2.45) is 0 Å². The van der Waals surface area contributed by atoms with Crippen LogP contribution in [0.25, 0.3) is 0 Å². The highest BCUT2D eigenvalue weighted by Crippen LogP contribution is 2.29. The molecule has 0 aromatic carbocycles. The van der Waals surface area contributed by atoms with Crippen LogP contribution >= 0.6 is 23.1 Å². The maximum absolute atomic E-state index is 4.73. The highest BCUT2D eigenvalue weighted by Gasteiger charge is 2.24. The Morgan fingerprint density at radius 1 is 1.44 bits per heavy atom. The van der Waals surface area contributed by atoms with Crippen molar-refractivity contribution in [3.8, 4) is 0 Å². The minimum absolute atomic E-state index is 0.173. The maximum atomic E-state index is 4.73. The molecule has 2 unspecified atom stereocenters. The summed E-state index contributed by atoms with van der Waals surface area (Å²) >= 11 is 3.80. The average Bonchev–Trinajstić information content (AvgIpc) is 2.94. The van der Waals surface area contributed by atoms with E-state index in [1.54, 1.807) is 11.3 Å². The molecule has 1 aliphatic rings. The SMILES string of the molecule is CSC1CCC(NCc2nc(C(C)(C)C)cs2)C1. The Balaban J connectivity index is 1.82. The molecule has 2 atom stereocenters. The van der Waals surface area contributed by atoms with Crippen LogP contribution in [0, 0.1) is 0 Å². The molecule has 18 heavy (non-hydrogen) atoms. The fourth-order valence-corrected chi connectivity index (χ4v) is 4.08. The molecular formula is C14H24N2S2. The van der Waals surface area contributed by atoms with Crippen molar-refractivity contribution in [2.45, 2.75) is 63.3 Å². The molecule has 0 bridgehead atoms. The van der Waals surface area contributed by atoms with Gasteiger partial charge in [0.15, 0.2) is 0 Å². The van der Waals surface area contributed by atoms with Crippen molar-refractivity contribution < 1.29 is 0 Å². The molecule has 0 amide bonds. The van der Waals surface area contributed by atoms with Gasteiger partial charge in [-0.05, 0) is 25.5 Å². The lowest BCUT2D eigenvalue weighted by atomic mass is 9.93. The second-order valence-corrected chi connectivity index (χ2v) is 8.21. The van der Waals surface area contributed by atoms with Crippen LogP contribution in [0.15, 0.2) is 5.38 Å². The van der Waals surface area contributed by atoms with Gasteiger partial charge in [0.25, 0.3) is 0 Å². The molecule has 1 N–H and O–H groups in total. The van der Waals surface area contributed by atoms with Crippen LogP contribution in [0.2, 0.25) is 0 Å². The third-order valence-electron chi connectivity index (χ3n) is 3.58. The molecule has 102 valence electrons. The summed E-state index contributed by atoms with van der Waals surface area (Å²) in [5.41, 5.74) is 1.39. The van der Waals surface area contributed by atoms with E-state index in [2.05, 4.69) is 37.7 Å². The van der Waals surface area contributed by atoms with Crippen molar-refractivity contribution in [1.29, 1.82) is 0 Å². The normalized spacial score (nSPS) is 24.7. The monoisotopic (exact) mass is 284 g/mol. The summed E-state index contributed by atoms with van der Waals surface area (Å²) in [5, 5.41) is 7.96. The average molecular weight is 284 g/mol. The number of nitrogens with one attached hydrogen (secondary N) is 1. The second kappa shape index (κ2) is 5.93. The van der Waals surface area contributed by atoms with Gasteiger partial charge < -0.3 is 5.32 Å². The lowest BCUT2D eigenvalue weighted by Crippen LogP contribution is -2.26. The molecule has 4 heteroatoms. The van der Waals surface area contributed by atoms with Crippen LogP contribution in [-0.2, 0) is 12.0 Å². The van der Waals surface area contributed by atoms with Gasteiger partial charge in [0, 0.05) is 28.6 Å². The summed E-state index contributed by atoms with van der Waals surface area (Å²) < 4.78 is 0. The first-order valence-corrected chi connectivity index (χ1v) is 8.87. The van der Waals surface area contributed by atoms with Crippen LogP contribution in [-0.4, -0.2) is 22.5 Å². The minimum atomic E-state index is 0.173.